The van der Waals surface area contributed by atoms with Crippen LogP contribution in [-0.4, -0.2) is 9.55 Å². The van der Waals surface area contributed by atoms with E-state index in [9.17, 15) is 4.79 Å². The first-order chi connectivity index (χ1) is 9.66. The second-order valence-electron chi connectivity index (χ2n) is 5.99. The number of hydrogen-bond acceptors (Lipinski definition) is 2. The number of fused-ring (bicyclic) bond motifs is 1. The van der Waals surface area contributed by atoms with Crippen LogP contribution in [0.15, 0.2) is 23.0 Å². The third-order valence-electron chi connectivity index (χ3n) is 4.65. The lowest BCUT2D eigenvalue weighted by Gasteiger charge is -2.15. The molecule has 0 N–H and O–H groups in total. The summed E-state index contributed by atoms with van der Waals surface area (Å²) >= 11 is 0. The molecule has 1 fully saturated rings. The SMILES string of the molecule is Cc1nc2cc(C3CCCCCC3)ccc2c(=O)n1C. The van der Waals surface area contributed by atoms with E-state index in [2.05, 4.69) is 17.1 Å². The molecule has 0 aliphatic heterocycles. The standard InChI is InChI=1S/C17H22N2O/c1-12-18-16-11-14(13-7-5-3-4-6-8-13)9-10-15(16)17(20)19(12)2/h9-11,13H,3-8H2,1-2H3. The zero-order chi connectivity index (χ0) is 14.1. The zero-order valence-corrected chi connectivity index (χ0v) is 12.4. The second kappa shape index (κ2) is 5.39. The Balaban J connectivity index is 2.06. The molecule has 0 atom stereocenters. The molecule has 0 spiro atoms. The molecule has 0 amide bonds. The maximum Gasteiger partial charge on any atom is 0.261 e. The Morgan fingerprint density at radius 3 is 2.55 bits per heavy atom. The summed E-state index contributed by atoms with van der Waals surface area (Å²) in [6, 6.07) is 6.24. The third-order valence-corrected chi connectivity index (χ3v) is 4.65. The Morgan fingerprint density at radius 1 is 1.15 bits per heavy atom. The lowest BCUT2D eigenvalue weighted by molar-refractivity contribution is 0.593. The Labute approximate surface area is 119 Å². The van der Waals surface area contributed by atoms with Gasteiger partial charge in [0.2, 0.25) is 0 Å². The van der Waals surface area contributed by atoms with Gasteiger partial charge in [0.1, 0.15) is 5.82 Å². The van der Waals surface area contributed by atoms with Crippen molar-refractivity contribution in [3.8, 4) is 0 Å². The van der Waals surface area contributed by atoms with Gasteiger partial charge in [0.25, 0.3) is 5.56 Å². The van der Waals surface area contributed by atoms with Crippen molar-refractivity contribution in [2.24, 2.45) is 7.05 Å². The molecule has 1 aromatic carbocycles. The highest BCUT2D eigenvalue weighted by Crippen LogP contribution is 2.32. The Morgan fingerprint density at radius 2 is 1.85 bits per heavy atom. The predicted molar refractivity (Wildman–Crippen MR) is 82.2 cm³/mol. The molecule has 3 nitrogen and oxygen atoms in total. The summed E-state index contributed by atoms with van der Waals surface area (Å²) in [4.78, 5) is 16.8. The molecule has 1 aliphatic rings. The van der Waals surface area contributed by atoms with Crippen LogP contribution in [-0.2, 0) is 7.05 Å². The van der Waals surface area contributed by atoms with E-state index in [-0.39, 0.29) is 5.56 Å². The molecular formula is C17H22N2O. The Bertz CT molecular complexity index is 679. The molecule has 3 rings (SSSR count). The summed E-state index contributed by atoms with van der Waals surface area (Å²) in [6.07, 6.45) is 7.92. The number of aromatic nitrogens is 2. The van der Waals surface area contributed by atoms with Crippen molar-refractivity contribution in [1.82, 2.24) is 9.55 Å². The highest BCUT2D eigenvalue weighted by molar-refractivity contribution is 5.78. The molecule has 0 saturated heterocycles. The van der Waals surface area contributed by atoms with Gasteiger partial charge < -0.3 is 0 Å². The Hall–Kier alpha value is -1.64. The molecule has 2 aromatic rings. The average molecular weight is 270 g/mol. The molecule has 1 aliphatic carbocycles. The fourth-order valence-electron chi connectivity index (χ4n) is 3.27. The predicted octanol–water partition coefficient (Wildman–Crippen LogP) is 3.68. The first-order valence-electron chi connectivity index (χ1n) is 7.64. The van der Waals surface area contributed by atoms with E-state index in [0.717, 1.165) is 16.7 Å². The quantitative estimate of drug-likeness (QED) is 0.741. The molecule has 3 heteroatoms. The second-order valence-corrected chi connectivity index (χ2v) is 5.99. The maximum absolute atomic E-state index is 12.2. The van der Waals surface area contributed by atoms with Crippen molar-refractivity contribution < 1.29 is 0 Å². The zero-order valence-electron chi connectivity index (χ0n) is 12.4. The molecule has 1 saturated carbocycles. The van der Waals surface area contributed by atoms with Crippen LogP contribution in [0.3, 0.4) is 0 Å². The molecule has 20 heavy (non-hydrogen) atoms. The molecule has 106 valence electrons. The minimum absolute atomic E-state index is 0.0555. The van der Waals surface area contributed by atoms with Crippen LogP contribution < -0.4 is 5.56 Å². The number of nitrogens with zero attached hydrogens (tertiary/aromatic N) is 2. The number of hydrogen-bond donors (Lipinski definition) is 0. The van der Waals surface area contributed by atoms with E-state index >= 15 is 0 Å². The van der Waals surface area contributed by atoms with Crippen molar-refractivity contribution in [3.05, 3.63) is 39.9 Å². The van der Waals surface area contributed by atoms with E-state index in [1.807, 2.05) is 13.0 Å². The number of rotatable bonds is 1. The first kappa shape index (κ1) is 13.3. The van der Waals surface area contributed by atoms with Crippen LogP contribution >= 0.6 is 0 Å². The molecule has 0 radical (unpaired) electrons. The molecule has 1 aromatic heterocycles. The molecule has 0 bridgehead atoms. The van der Waals surface area contributed by atoms with Gasteiger partial charge in [-0.15, -0.1) is 0 Å². The normalized spacial score (nSPS) is 17.3. The average Bonchev–Trinajstić information content (AvgIpc) is 2.73. The summed E-state index contributed by atoms with van der Waals surface area (Å²) in [5.41, 5.74) is 2.27. The van der Waals surface area contributed by atoms with Gasteiger partial charge in [0.15, 0.2) is 0 Å². The summed E-state index contributed by atoms with van der Waals surface area (Å²) < 4.78 is 1.62. The lowest BCUT2D eigenvalue weighted by Crippen LogP contribution is -2.20. The van der Waals surface area contributed by atoms with Crippen LogP contribution in [0.1, 0.15) is 55.8 Å². The summed E-state index contributed by atoms with van der Waals surface area (Å²) in [5, 5.41) is 0.732. The molecule has 1 heterocycles. The van der Waals surface area contributed by atoms with Crippen LogP contribution in [0, 0.1) is 6.92 Å². The Kier molecular flexibility index (Phi) is 3.60. The maximum atomic E-state index is 12.2. The van der Waals surface area contributed by atoms with Gasteiger partial charge in [-0.1, -0.05) is 31.7 Å². The summed E-state index contributed by atoms with van der Waals surface area (Å²) in [5.74, 6) is 1.42. The minimum atomic E-state index is 0.0555. The molecular weight excluding hydrogens is 248 g/mol. The van der Waals surface area contributed by atoms with Crippen LogP contribution in [0.5, 0.6) is 0 Å². The lowest BCUT2D eigenvalue weighted by atomic mass is 9.91. The van der Waals surface area contributed by atoms with Gasteiger partial charge in [-0.25, -0.2) is 4.98 Å². The van der Waals surface area contributed by atoms with Gasteiger partial charge >= 0.3 is 0 Å². The van der Waals surface area contributed by atoms with Crippen LogP contribution in [0.4, 0.5) is 0 Å². The fraction of sp³-hybridized carbons (Fsp3) is 0.529. The van der Waals surface area contributed by atoms with E-state index in [1.54, 1.807) is 11.6 Å². The van der Waals surface area contributed by atoms with E-state index < -0.39 is 0 Å². The van der Waals surface area contributed by atoms with E-state index in [0.29, 0.717) is 5.92 Å². The minimum Gasteiger partial charge on any atom is -0.299 e. The van der Waals surface area contributed by atoms with Crippen molar-refractivity contribution in [2.45, 2.75) is 51.4 Å². The fourth-order valence-corrected chi connectivity index (χ4v) is 3.27. The van der Waals surface area contributed by atoms with Crippen LogP contribution in [0.2, 0.25) is 0 Å². The largest absolute Gasteiger partial charge is 0.299 e. The van der Waals surface area contributed by atoms with Crippen molar-refractivity contribution in [3.63, 3.8) is 0 Å². The smallest absolute Gasteiger partial charge is 0.261 e. The van der Waals surface area contributed by atoms with Gasteiger partial charge in [-0.3, -0.25) is 9.36 Å². The van der Waals surface area contributed by atoms with Crippen molar-refractivity contribution in [2.75, 3.05) is 0 Å². The number of aryl methyl sites for hydroxylation is 1. The van der Waals surface area contributed by atoms with E-state index in [4.69, 9.17) is 0 Å². The van der Waals surface area contributed by atoms with Crippen molar-refractivity contribution in [1.29, 1.82) is 0 Å². The summed E-state index contributed by atoms with van der Waals surface area (Å²) in [6.45, 7) is 1.89. The van der Waals surface area contributed by atoms with Gasteiger partial charge in [0.05, 0.1) is 10.9 Å². The van der Waals surface area contributed by atoms with Crippen LogP contribution in [0.25, 0.3) is 10.9 Å². The highest BCUT2D eigenvalue weighted by atomic mass is 16.1. The highest BCUT2D eigenvalue weighted by Gasteiger charge is 2.15. The van der Waals surface area contributed by atoms with E-state index in [1.165, 1.54) is 44.1 Å². The molecule has 0 unspecified atom stereocenters. The third kappa shape index (κ3) is 2.37. The van der Waals surface area contributed by atoms with Gasteiger partial charge in [-0.2, -0.15) is 0 Å². The monoisotopic (exact) mass is 270 g/mol. The topological polar surface area (TPSA) is 34.9 Å². The van der Waals surface area contributed by atoms with Gasteiger partial charge in [0, 0.05) is 7.05 Å². The van der Waals surface area contributed by atoms with Gasteiger partial charge in [-0.05, 0) is 43.4 Å². The van der Waals surface area contributed by atoms with Crippen molar-refractivity contribution >= 4 is 10.9 Å². The number of benzene rings is 1. The summed E-state index contributed by atoms with van der Waals surface area (Å²) in [7, 11) is 1.78. The first-order valence-corrected chi connectivity index (χ1v) is 7.64.